The van der Waals surface area contributed by atoms with Gasteiger partial charge in [-0.05, 0) is 38.0 Å². The molecule has 0 aliphatic carbocycles. The number of nitrogens with zero attached hydrogens (tertiary/aromatic N) is 1. The van der Waals surface area contributed by atoms with E-state index in [1.807, 2.05) is 48.7 Å². The second-order valence-electron chi connectivity index (χ2n) is 6.72. The van der Waals surface area contributed by atoms with E-state index in [2.05, 4.69) is 0 Å². The van der Waals surface area contributed by atoms with Crippen LogP contribution in [-0.4, -0.2) is 36.0 Å². The van der Waals surface area contributed by atoms with Crippen molar-refractivity contribution in [3.05, 3.63) is 57.9 Å². The van der Waals surface area contributed by atoms with E-state index < -0.39 is 9.84 Å². The summed E-state index contributed by atoms with van der Waals surface area (Å²) in [4.78, 5) is 12.7. The molecule has 1 unspecified atom stereocenters. The summed E-state index contributed by atoms with van der Waals surface area (Å²) >= 11 is 7.69. The topological polar surface area (TPSA) is 56.1 Å². The van der Waals surface area contributed by atoms with Gasteiger partial charge in [0.05, 0.1) is 17.3 Å². The Labute approximate surface area is 163 Å². The Hall–Kier alpha value is -1.24. The number of ketones is 1. The average molecular weight is 412 g/mol. The summed E-state index contributed by atoms with van der Waals surface area (Å²) in [7, 11) is -2.96. The maximum absolute atomic E-state index is 12.7. The van der Waals surface area contributed by atoms with Crippen LogP contribution in [0.5, 0.6) is 0 Å². The molecule has 1 atom stereocenters. The number of halogens is 1. The van der Waals surface area contributed by atoms with E-state index in [-0.39, 0.29) is 23.3 Å². The molecule has 0 bridgehead atoms. The monoisotopic (exact) mass is 411 g/mol. The fraction of sp³-hybridized carbons (Fsp3) is 0.421. The van der Waals surface area contributed by atoms with Crippen molar-refractivity contribution in [3.8, 4) is 0 Å². The van der Waals surface area contributed by atoms with E-state index in [9.17, 15) is 13.2 Å². The van der Waals surface area contributed by atoms with Crippen LogP contribution in [0.3, 0.4) is 0 Å². The molecule has 1 saturated heterocycles. The summed E-state index contributed by atoms with van der Waals surface area (Å²) < 4.78 is 25.6. The molecule has 0 spiro atoms. The van der Waals surface area contributed by atoms with Gasteiger partial charge in [-0.25, -0.2) is 8.42 Å². The number of aryl methyl sites for hydroxylation is 1. The molecule has 0 radical (unpaired) electrons. The number of aromatic nitrogens is 1. The SMILES string of the molecule is Cc1cc(C(=O)CSCc2ccccc2Cl)c(C)n1C1CCS(=O)(=O)C1. The molecule has 0 saturated carbocycles. The number of rotatable bonds is 6. The molecule has 26 heavy (non-hydrogen) atoms. The lowest BCUT2D eigenvalue weighted by Crippen LogP contribution is -2.14. The summed E-state index contributed by atoms with van der Waals surface area (Å²) in [6.45, 7) is 3.84. The van der Waals surface area contributed by atoms with E-state index in [1.165, 1.54) is 0 Å². The van der Waals surface area contributed by atoms with Gasteiger partial charge in [0.25, 0.3) is 0 Å². The van der Waals surface area contributed by atoms with Crippen LogP contribution in [0.4, 0.5) is 0 Å². The van der Waals surface area contributed by atoms with Gasteiger partial charge >= 0.3 is 0 Å². The summed E-state index contributed by atoms with van der Waals surface area (Å²) in [5, 5.41) is 0.716. The molecule has 1 aliphatic rings. The Bertz CT molecular complexity index is 934. The second kappa shape index (κ2) is 7.79. The van der Waals surface area contributed by atoms with Gasteiger partial charge in [0.1, 0.15) is 0 Å². The van der Waals surface area contributed by atoms with Gasteiger partial charge in [-0.3, -0.25) is 4.79 Å². The minimum Gasteiger partial charge on any atom is -0.344 e. The predicted octanol–water partition coefficient (Wildman–Crippen LogP) is 4.23. The highest BCUT2D eigenvalue weighted by Crippen LogP contribution is 2.30. The predicted molar refractivity (Wildman–Crippen MR) is 108 cm³/mol. The average Bonchev–Trinajstić information content (AvgIpc) is 3.07. The molecule has 0 N–H and O–H groups in total. The molecule has 140 valence electrons. The number of hydrogen-bond acceptors (Lipinski definition) is 4. The van der Waals surface area contributed by atoms with Crippen LogP contribution < -0.4 is 0 Å². The van der Waals surface area contributed by atoms with Gasteiger partial charge < -0.3 is 4.57 Å². The molecule has 3 rings (SSSR count). The summed E-state index contributed by atoms with van der Waals surface area (Å²) in [5.41, 5.74) is 3.53. The zero-order valence-corrected chi connectivity index (χ0v) is 17.3. The lowest BCUT2D eigenvalue weighted by Gasteiger charge is -2.16. The van der Waals surface area contributed by atoms with E-state index in [0.29, 0.717) is 28.5 Å². The third-order valence-corrected chi connectivity index (χ3v) is 7.91. The van der Waals surface area contributed by atoms with Crippen molar-refractivity contribution < 1.29 is 13.2 Å². The van der Waals surface area contributed by atoms with E-state index >= 15 is 0 Å². The van der Waals surface area contributed by atoms with Crippen LogP contribution in [0.1, 0.15) is 39.8 Å². The summed E-state index contributed by atoms with van der Waals surface area (Å²) in [6.07, 6.45) is 0.619. The van der Waals surface area contributed by atoms with Crippen LogP contribution >= 0.6 is 23.4 Å². The highest BCUT2D eigenvalue weighted by molar-refractivity contribution is 7.99. The Morgan fingerprint density at radius 3 is 2.69 bits per heavy atom. The quantitative estimate of drug-likeness (QED) is 0.667. The number of hydrogen-bond donors (Lipinski definition) is 0. The Morgan fingerprint density at radius 1 is 1.31 bits per heavy atom. The first-order chi connectivity index (χ1) is 12.3. The highest BCUT2D eigenvalue weighted by atomic mass is 35.5. The third-order valence-electron chi connectivity index (χ3n) is 4.81. The lowest BCUT2D eigenvalue weighted by atomic mass is 10.2. The molecular weight excluding hydrogens is 390 g/mol. The molecule has 7 heteroatoms. The Balaban J connectivity index is 1.69. The minimum atomic E-state index is -2.96. The Morgan fingerprint density at radius 2 is 2.04 bits per heavy atom. The number of Topliss-reactive ketones (excluding diaryl/α,β-unsaturated/α-hetero) is 1. The van der Waals surface area contributed by atoms with Gasteiger partial charge in [0.15, 0.2) is 15.6 Å². The number of sulfone groups is 1. The van der Waals surface area contributed by atoms with Crippen molar-refractivity contribution in [2.45, 2.75) is 32.1 Å². The molecule has 1 aromatic carbocycles. The minimum absolute atomic E-state index is 0.0580. The molecule has 2 aromatic rings. The van der Waals surface area contributed by atoms with E-state index in [0.717, 1.165) is 17.0 Å². The molecule has 4 nitrogen and oxygen atoms in total. The van der Waals surface area contributed by atoms with Crippen molar-refractivity contribution >= 4 is 39.0 Å². The lowest BCUT2D eigenvalue weighted by molar-refractivity contribution is 0.102. The van der Waals surface area contributed by atoms with Gasteiger partial charge in [-0.15, -0.1) is 11.8 Å². The first-order valence-electron chi connectivity index (χ1n) is 8.51. The van der Waals surface area contributed by atoms with Crippen LogP contribution in [0.2, 0.25) is 5.02 Å². The standard InChI is InChI=1S/C19H22ClNO3S2/c1-13-9-17(14(2)21(13)16-7-8-26(23,24)12-16)19(22)11-25-10-15-5-3-4-6-18(15)20/h3-6,9,16H,7-8,10-12H2,1-2H3. The van der Waals surface area contributed by atoms with E-state index in [4.69, 9.17) is 11.6 Å². The van der Waals surface area contributed by atoms with Crippen LogP contribution in [0, 0.1) is 13.8 Å². The van der Waals surface area contributed by atoms with Crippen molar-refractivity contribution in [3.63, 3.8) is 0 Å². The zero-order chi connectivity index (χ0) is 18.9. The summed E-state index contributed by atoms with van der Waals surface area (Å²) in [5.74, 6) is 1.52. The second-order valence-corrected chi connectivity index (χ2v) is 10.3. The maximum Gasteiger partial charge on any atom is 0.174 e. The van der Waals surface area contributed by atoms with Crippen molar-refractivity contribution in [2.75, 3.05) is 17.3 Å². The van der Waals surface area contributed by atoms with E-state index in [1.54, 1.807) is 11.8 Å². The van der Waals surface area contributed by atoms with Crippen molar-refractivity contribution in [1.29, 1.82) is 0 Å². The van der Waals surface area contributed by atoms with Crippen LogP contribution in [0.25, 0.3) is 0 Å². The molecule has 1 fully saturated rings. The first kappa shape index (κ1) is 19.5. The number of carbonyl (C=O) groups excluding carboxylic acids is 1. The molecule has 1 aromatic heterocycles. The zero-order valence-electron chi connectivity index (χ0n) is 14.9. The van der Waals surface area contributed by atoms with Crippen LogP contribution in [0.15, 0.2) is 30.3 Å². The normalized spacial score (nSPS) is 19.0. The van der Waals surface area contributed by atoms with Gasteiger partial charge in [-0.2, -0.15) is 0 Å². The molecule has 2 heterocycles. The number of thioether (sulfide) groups is 1. The largest absolute Gasteiger partial charge is 0.344 e. The maximum atomic E-state index is 12.7. The number of carbonyl (C=O) groups is 1. The van der Waals surface area contributed by atoms with Gasteiger partial charge in [0, 0.05) is 33.8 Å². The molecule has 1 aliphatic heterocycles. The Kier molecular flexibility index (Phi) is 5.85. The highest BCUT2D eigenvalue weighted by Gasteiger charge is 2.31. The van der Waals surface area contributed by atoms with Crippen molar-refractivity contribution in [1.82, 2.24) is 4.57 Å². The first-order valence-corrected chi connectivity index (χ1v) is 11.9. The fourth-order valence-electron chi connectivity index (χ4n) is 3.55. The third kappa shape index (κ3) is 4.18. The summed E-state index contributed by atoms with van der Waals surface area (Å²) in [6, 6.07) is 9.47. The molecular formula is C19H22ClNO3S2. The smallest absolute Gasteiger partial charge is 0.174 e. The van der Waals surface area contributed by atoms with Gasteiger partial charge in [0.2, 0.25) is 0 Å². The molecule has 0 amide bonds. The van der Waals surface area contributed by atoms with Crippen molar-refractivity contribution in [2.24, 2.45) is 0 Å². The van der Waals surface area contributed by atoms with Gasteiger partial charge in [-0.1, -0.05) is 29.8 Å². The fourth-order valence-corrected chi connectivity index (χ4v) is 6.44. The number of benzene rings is 1. The van der Waals surface area contributed by atoms with Crippen LogP contribution in [-0.2, 0) is 15.6 Å².